The minimum atomic E-state index is 0.838. The SMILES string of the molecule is CCCNCc1ccccc1N1CCn2cnnc2C1. The van der Waals surface area contributed by atoms with Crippen LogP contribution < -0.4 is 10.2 Å². The van der Waals surface area contributed by atoms with Crippen LogP contribution in [0.25, 0.3) is 0 Å². The molecule has 106 valence electrons. The zero-order chi connectivity index (χ0) is 13.8. The highest BCUT2D eigenvalue weighted by atomic mass is 15.3. The van der Waals surface area contributed by atoms with Crippen LogP contribution in [0.4, 0.5) is 5.69 Å². The largest absolute Gasteiger partial charge is 0.362 e. The predicted octanol–water partition coefficient (Wildman–Crippen LogP) is 1.80. The van der Waals surface area contributed by atoms with Crippen LogP contribution in [0, 0.1) is 0 Å². The number of fused-ring (bicyclic) bond motifs is 1. The summed E-state index contributed by atoms with van der Waals surface area (Å²) in [5.74, 6) is 1.05. The first-order valence-corrected chi connectivity index (χ1v) is 7.28. The van der Waals surface area contributed by atoms with Gasteiger partial charge in [-0.2, -0.15) is 0 Å². The smallest absolute Gasteiger partial charge is 0.152 e. The Morgan fingerprint density at radius 1 is 1.25 bits per heavy atom. The van der Waals surface area contributed by atoms with Crippen molar-refractivity contribution in [2.45, 2.75) is 33.0 Å². The molecule has 0 bridgehead atoms. The summed E-state index contributed by atoms with van der Waals surface area (Å²) in [6.45, 7) is 6.98. The van der Waals surface area contributed by atoms with Gasteiger partial charge in [0.05, 0.1) is 6.54 Å². The Balaban J connectivity index is 1.77. The van der Waals surface area contributed by atoms with E-state index in [1.54, 1.807) is 0 Å². The fraction of sp³-hybridized carbons (Fsp3) is 0.467. The summed E-state index contributed by atoms with van der Waals surface area (Å²) in [5, 5.41) is 11.7. The summed E-state index contributed by atoms with van der Waals surface area (Å²) in [6, 6.07) is 8.63. The fourth-order valence-electron chi connectivity index (χ4n) is 2.64. The molecular formula is C15H21N5. The van der Waals surface area contributed by atoms with Gasteiger partial charge >= 0.3 is 0 Å². The van der Waals surface area contributed by atoms with Crippen LogP contribution in [0.5, 0.6) is 0 Å². The standard InChI is InChI=1S/C15H21N5/c1-2-7-16-10-13-5-3-4-6-14(13)19-8-9-20-12-17-18-15(20)11-19/h3-6,12,16H,2,7-11H2,1H3. The lowest BCUT2D eigenvalue weighted by atomic mass is 10.1. The summed E-state index contributed by atoms with van der Waals surface area (Å²) in [7, 11) is 0. The van der Waals surface area contributed by atoms with E-state index < -0.39 is 0 Å². The quantitative estimate of drug-likeness (QED) is 0.842. The van der Waals surface area contributed by atoms with Gasteiger partial charge in [0.15, 0.2) is 5.82 Å². The summed E-state index contributed by atoms with van der Waals surface area (Å²) in [5.41, 5.74) is 2.67. The molecule has 0 saturated carbocycles. The highest BCUT2D eigenvalue weighted by Crippen LogP contribution is 2.24. The van der Waals surface area contributed by atoms with E-state index in [1.165, 1.54) is 11.3 Å². The lowest BCUT2D eigenvalue weighted by Gasteiger charge is -2.30. The van der Waals surface area contributed by atoms with E-state index in [-0.39, 0.29) is 0 Å². The van der Waals surface area contributed by atoms with Gasteiger partial charge in [-0.25, -0.2) is 0 Å². The van der Waals surface area contributed by atoms with Crippen LogP contribution in [0.3, 0.4) is 0 Å². The molecule has 5 heteroatoms. The number of hydrogen-bond donors (Lipinski definition) is 1. The van der Waals surface area contributed by atoms with Gasteiger partial charge in [-0.05, 0) is 24.6 Å². The van der Waals surface area contributed by atoms with E-state index in [9.17, 15) is 0 Å². The molecule has 0 spiro atoms. The molecule has 2 heterocycles. The second kappa shape index (κ2) is 6.05. The number of benzene rings is 1. The predicted molar refractivity (Wildman–Crippen MR) is 79.5 cm³/mol. The topological polar surface area (TPSA) is 46.0 Å². The zero-order valence-corrected chi connectivity index (χ0v) is 11.9. The van der Waals surface area contributed by atoms with Crippen LogP contribution >= 0.6 is 0 Å². The Bertz CT molecular complexity index is 563. The molecule has 0 aliphatic carbocycles. The summed E-state index contributed by atoms with van der Waals surface area (Å²) >= 11 is 0. The normalized spacial score (nSPS) is 14.3. The fourth-order valence-corrected chi connectivity index (χ4v) is 2.64. The Morgan fingerprint density at radius 2 is 2.15 bits per heavy atom. The van der Waals surface area contributed by atoms with Crippen molar-refractivity contribution in [3.63, 3.8) is 0 Å². The molecule has 0 amide bonds. The molecular weight excluding hydrogens is 250 g/mol. The van der Waals surface area contributed by atoms with Crippen LogP contribution in [-0.2, 0) is 19.6 Å². The molecule has 5 nitrogen and oxygen atoms in total. The Morgan fingerprint density at radius 3 is 3.05 bits per heavy atom. The van der Waals surface area contributed by atoms with Crippen LogP contribution in [0.2, 0.25) is 0 Å². The summed E-state index contributed by atoms with van der Waals surface area (Å²) in [6.07, 6.45) is 2.98. The van der Waals surface area contributed by atoms with Crippen molar-refractivity contribution in [2.75, 3.05) is 18.0 Å². The van der Waals surface area contributed by atoms with E-state index in [1.807, 2.05) is 6.33 Å². The highest BCUT2D eigenvalue weighted by Gasteiger charge is 2.19. The van der Waals surface area contributed by atoms with E-state index in [2.05, 4.69) is 56.2 Å². The molecule has 20 heavy (non-hydrogen) atoms. The van der Waals surface area contributed by atoms with Crippen LogP contribution in [0.15, 0.2) is 30.6 Å². The molecule has 0 unspecified atom stereocenters. The van der Waals surface area contributed by atoms with Gasteiger partial charge in [0, 0.05) is 25.3 Å². The first-order valence-electron chi connectivity index (χ1n) is 7.28. The summed E-state index contributed by atoms with van der Waals surface area (Å²) < 4.78 is 2.13. The number of anilines is 1. The van der Waals surface area contributed by atoms with Crippen molar-refractivity contribution in [3.05, 3.63) is 42.0 Å². The van der Waals surface area contributed by atoms with E-state index in [0.29, 0.717) is 0 Å². The minimum absolute atomic E-state index is 0.838. The van der Waals surface area contributed by atoms with Gasteiger partial charge in [-0.15, -0.1) is 10.2 Å². The van der Waals surface area contributed by atoms with Crippen molar-refractivity contribution in [3.8, 4) is 0 Å². The maximum atomic E-state index is 4.19. The van der Waals surface area contributed by atoms with Gasteiger partial charge in [-0.3, -0.25) is 0 Å². The molecule has 0 saturated heterocycles. The van der Waals surface area contributed by atoms with Crippen molar-refractivity contribution < 1.29 is 0 Å². The average Bonchev–Trinajstić information content (AvgIpc) is 2.95. The Labute approximate surface area is 119 Å². The monoisotopic (exact) mass is 271 g/mol. The lowest BCUT2D eigenvalue weighted by molar-refractivity contribution is 0.557. The number of nitrogens with one attached hydrogen (secondary N) is 1. The third-order valence-corrected chi connectivity index (χ3v) is 3.71. The second-order valence-electron chi connectivity index (χ2n) is 5.17. The maximum Gasteiger partial charge on any atom is 0.152 e. The molecule has 0 fully saturated rings. The van der Waals surface area contributed by atoms with Gasteiger partial charge < -0.3 is 14.8 Å². The third kappa shape index (κ3) is 2.67. The molecule has 2 aromatic rings. The first kappa shape index (κ1) is 13.1. The summed E-state index contributed by atoms with van der Waals surface area (Å²) in [4.78, 5) is 2.40. The van der Waals surface area contributed by atoms with Gasteiger partial charge in [0.1, 0.15) is 6.33 Å². The van der Waals surface area contributed by atoms with Gasteiger partial charge in [0.25, 0.3) is 0 Å². The van der Waals surface area contributed by atoms with Crippen molar-refractivity contribution >= 4 is 5.69 Å². The Kier molecular flexibility index (Phi) is 3.97. The van der Waals surface area contributed by atoms with E-state index >= 15 is 0 Å². The van der Waals surface area contributed by atoms with E-state index in [4.69, 9.17) is 0 Å². The molecule has 0 radical (unpaired) electrons. The first-order chi connectivity index (χ1) is 9.88. The molecule has 1 N–H and O–H groups in total. The average molecular weight is 271 g/mol. The third-order valence-electron chi connectivity index (χ3n) is 3.71. The van der Waals surface area contributed by atoms with E-state index in [0.717, 1.165) is 45.0 Å². The number of hydrogen-bond acceptors (Lipinski definition) is 4. The number of nitrogens with zero attached hydrogens (tertiary/aromatic N) is 4. The van der Waals surface area contributed by atoms with Gasteiger partial charge in [0.2, 0.25) is 0 Å². The second-order valence-corrected chi connectivity index (χ2v) is 5.17. The number of rotatable bonds is 5. The number of para-hydroxylation sites is 1. The highest BCUT2D eigenvalue weighted by molar-refractivity contribution is 5.54. The Hall–Kier alpha value is -1.88. The molecule has 1 aliphatic heterocycles. The maximum absolute atomic E-state index is 4.19. The minimum Gasteiger partial charge on any atom is -0.362 e. The van der Waals surface area contributed by atoms with Crippen LogP contribution in [0.1, 0.15) is 24.7 Å². The zero-order valence-electron chi connectivity index (χ0n) is 11.9. The molecule has 1 aromatic heterocycles. The van der Waals surface area contributed by atoms with Crippen molar-refractivity contribution in [1.29, 1.82) is 0 Å². The molecule has 0 atom stereocenters. The molecule has 1 aromatic carbocycles. The van der Waals surface area contributed by atoms with Gasteiger partial charge in [-0.1, -0.05) is 25.1 Å². The van der Waals surface area contributed by atoms with Crippen molar-refractivity contribution in [2.24, 2.45) is 0 Å². The van der Waals surface area contributed by atoms with Crippen molar-refractivity contribution in [1.82, 2.24) is 20.1 Å². The lowest BCUT2D eigenvalue weighted by Crippen LogP contribution is -2.34. The molecule has 3 rings (SSSR count). The number of aromatic nitrogens is 3. The van der Waals surface area contributed by atoms with Crippen LogP contribution in [-0.4, -0.2) is 27.9 Å². The molecule has 1 aliphatic rings.